The normalized spacial score (nSPS) is 12.8. The summed E-state index contributed by atoms with van der Waals surface area (Å²) in [4.78, 5) is 26.5. The number of anilines is 3. The second kappa shape index (κ2) is 8.44. The van der Waals surface area contributed by atoms with Crippen molar-refractivity contribution < 1.29 is 14.3 Å². The molecule has 5 nitrogen and oxygen atoms in total. The van der Waals surface area contributed by atoms with Gasteiger partial charge in [-0.15, -0.1) is 11.6 Å². The third-order valence-corrected chi connectivity index (χ3v) is 4.56. The van der Waals surface area contributed by atoms with Crippen molar-refractivity contribution >= 4 is 40.7 Å². The number of amides is 2. The van der Waals surface area contributed by atoms with Gasteiger partial charge in [-0.2, -0.15) is 0 Å². The van der Waals surface area contributed by atoms with Gasteiger partial charge in [-0.3, -0.25) is 15.0 Å². The number of hydrogen-bond donors (Lipinski definition) is 1. The predicted molar refractivity (Wildman–Crippen MR) is 108 cm³/mol. The topological polar surface area (TPSA) is 58.6 Å². The summed E-state index contributed by atoms with van der Waals surface area (Å²) < 4.78 is 5.14. The van der Waals surface area contributed by atoms with E-state index in [2.05, 4.69) is 5.32 Å². The number of para-hydroxylation sites is 1. The number of ether oxygens (including phenoxy) is 1. The molecule has 27 heavy (non-hydrogen) atoms. The van der Waals surface area contributed by atoms with Gasteiger partial charge in [0, 0.05) is 18.0 Å². The molecule has 0 atom stereocenters. The zero-order valence-electron chi connectivity index (χ0n) is 15.5. The summed E-state index contributed by atoms with van der Waals surface area (Å²) >= 11 is 5.84. The number of carbonyl (C=O) groups excluding carboxylic acids is 2. The number of fused-ring (bicyclic) bond motifs is 2. The Morgan fingerprint density at radius 2 is 1.81 bits per heavy atom. The molecule has 0 spiro atoms. The zero-order chi connectivity index (χ0) is 19.4. The van der Waals surface area contributed by atoms with Gasteiger partial charge in [0.1, 0.15) is 0 Å². The third kappa shape index (κ3) is 4.42. The number of aryl methyl sites for hydroxylation is 2. The minimum Gasteiger partial charge on any atom is -0.447 e. The zero-order valence-corrected chi connectivity index (χ0v) is 16.3. The van der Waals surface area contributed by atoms with Crippen molar-refractivity contribution in [1.29, 1.82) is 0 Å². The van der Waals surface area contributed by atoms with E-state index in [1.54, 1.807) is 18.7 Å². The summed E-state index contributed by atoms with van der Waals surface area (Å²) in [7, 11) is 0. The van der Waals surface area contributed by atoms with Gasteiger partial charge in [0.05, 0.1) is 17.5 Å². The van der Waals surface area contributed by atoms with Crippen molar-refractivity contribution in [3.05, 3.63) is 53.6 Å². The third-order valence-electron chi connectivity index (χ3n) is 4.37. The molecule has 0 bridgehead atoms. The van der Waals surface area contributed by atoms with Crippen LogP contribution in [-0.2, 0) is 22.4 Å². The van der Waals surface area contributed by atoms with Crippen molar-refractivity contribution in [3.63, 3.8) is 0 Å². The minimum absolute atomic E-state index is 0.0671. The summed E-state index contributed by atoms with van der Waals surface area (Å²) in [5, 5.41) is 2.73. The van der Waals surface area contributed by atoms with Crippen molar-refractivity contribution in [3.8, 4) is 0 Å². The highest BCUT2D eigenvalue weighted by atomic mass is 35.5. The van der Waals surface area contributed by atoms with Crippen molar-refractivity contribution in [2.75, 3.05) is 16.1 Å². The van der Waals surface area contributed by atoms with Crippen LogP contribution in [0.2, 0.25) is 0 Å². The first kappa shape index (κ1) is 19.2. The van der Waals surface area contributed by atoms with E-state index in [-0.39, 0.29) is 24.3 Å². The maximum Gasteiger partial charge on any atom is 0.411 e. The Morgan fingerprint density at radius 3 is 2.52 bits per heavy atom. The molecule has 2 aromatic rings. The van der Waals surface area contributed by atoms with Crippen LogP contribution in [0.1, 0.15) is 31.4 Å². The van der Waals surface area contributed by atoms with E-state index in [0.29, 0.717) is 5.69 Å². The monoisotopic (exact) mass is 386 g/mol. The number of hydrogen-bond acceptors (Lipinski definition) is 3. The fraction of sp³-hybridized carbons (Fsp3) is 0.333. The molecule has 142 valence electrons. The van der Waals surface area contributed by atoms with Crippen molar-refractivity contribution in [1.82, 2.24) is 0 Å². The van der Waals surface area contributed by atoms with Crippen LogP contribution in [0.15, 0.2) is 42.5 Å². The maximum absolute atomic E-state index is 12.9. The molecule has 2 amide bonds. The van der Waals surface area contributed by atoms with Crippen LogP contribution in [-0.4, -0.2) is 24.0 Å². The SMILES string of the molecule is CC(C)OC(=O)Nc1ccc2c(c1)N(C(=O)CCCl)c1ccccc1CC2. The number of nitrogens with zero attached hydrogens (tertiary/aromatic N) is 1. The number of rotatable bonds is 4. The predicted octanol–water partition coefficient (Wildman–Crippen LogP) is 5.04. The largest absolute Gasteiger partial charge is 0.447 e. The lowest BCUT2D eigenvalue weighted by Gasteiger charge is -2.25. The lowest BCUT2D eigenvalue weighted by atomic mass is 10.0. The van der Waals surface area contributed by atoms with E-state index < -0.39 is 6.09 Å². The Bertz CT molecular complexity index is 851. The molecule has 1 N–H and O–H groups in total. The molecule has 3 rings (SSSR count). The number of alkyl halides is 1. The molecule has 0 aliphatic carbocycles. The van der Waals surface area contributed by atoms with E-state index in [0.717, 1.165) is 35.3 Å². The van der Waals surface area contributed by atoms with Crippen LogP contribution in [0.3, 0.4) is 0 Å². The second-order valence-corrected chi connectivity index (χ2v) is 7.10. The molecule has 2 aromatic carbocycles. The van der Waals surface area contributed by atoms with Crippen LogP contribution in [0.25, 0.3) is 0 Å². The van der Waals surface area contributed by atoms with E-state index in [1.165, 1.54) is 0 Å². The lowest BCUT2D eigenvalue weighted by Crippen LogP contribution is -2.27. The van der Waals surface area contributed by atoms with Gasteiger partial charge in [0.2, 0.25) is 5.91 Å². The molecule has 0 aromatic heterocycles. The molecule has 1 heterocycles. The van der Waals surface area contributed by atoms with Gasteiger partial charge in [-0.25, -0.2) is 4.79 Å². The average molecular weight is 387 g/mol. The van der Waals surface area contributed by atoms with Crippen LogP contribution < -0.4 is 10.2 Å². The summed E-state index contributed by atoms with van der Waals surface area (Å²) in [6.07, 6.45) is 1.17. The molecule has 1 aliphatic rings. The fourth-order valence-corrected chi connectivity index (χ4v) is 3.39. The second-order valence-electron chi connectivity index (χ2n) is 6.72. The summed E-state index contributed by atoms with van der Waals surface area (Å²) in [6, 6.07) is 13.5. The molecule has 0 saturated carbocycles. The summed E-state index contributed by atoms with van der Waals surface area (Å²) in [5.74, 6) is 0.188. The van der Waals surface area contributed by atoms with Gasteiger partial charge < -0.3 is 4.74 Å². The standard InChI is InChI=1S/C21H23ClN2O3/c1-14(2)27-21(26)23-17-10-9-16-8-7-15-5-3-4-6-18(15)24(19(16)13-17)20(25)11-12-22/h3-6,9-10,13-14H,7-8,11-12H2,1-2H3,(H,23,26). The maximum atomic E-state index is 12.9. The average Bonchev–Trinajstić information content (AvgIpc) is 2.77. The molecule has 1 aliphatic heterocycles. The Kier molecular flexibility index (Phi) is 6.01. The van der Waals surface area contributed by atoms with Gasteiger partial charge >= 0.3 is 6.09 Å². The molecule has 0 fully saturated rings. The molecule has 0 radical (unpaired) electrons. The Hall–Kier alpha value is -2.53. The van der Waals surface area contributed by atoms with E-state index >= 15 is 0 Å². The first-order chi connectivity index (χ1) is 13.0. The van der Waals surface area contributed by atoms with Crippen molar-refractivity contribution in [2.45, 2.75) is 39.2 Å². The fourth-order valence-electron chi connectivity index (χ4n) is 3.22. The van der Waals surface area contributed by atoms with Crippen LogP contribution >= 0.6 is 11.6 Å². The highest BCUT2D eigenvalue weighted by Crippen LogP contribution is 2.38. The molecule has 0 unspecified atom stereocenters. The van der Waals surface area contributed by atoms with Crippen LogP contribution in [0.5, 0.6) is 0 Å². The number of halogens is 1. The summed E-state index contributed by atoms with van der Waals surface area (Å²) in [6.45, 7) is 3.58. The first-order valence-electron chi connectivity index (χ1n) is 9.07. The van der Waals surface area contributed by atoms with Gasteiger partial charge in [0.15, 0.2) is 0 Å². The minimum atomic E-state index is -0.516. The van der Waals surface area contributed by atoms with Crippen LogP contribution in [0.4, 0.5) is 21.9 Å². The van der Waals surface area contributed by atoms with Gasteiger partial charge in [-0.05, 0) is 56.0 Å². The molecular weight excluding hydrogens is 364 g/mol. The van der Waals surface area contributed by atoms with E-state index in [4.69, 9.17) is 16.3 Å². The van der Waals surface area contributed by atoms with Crippen LogP contribution in [0, 0.1) is 0 Å². The van der Waals surface area contributed by atoms with E-state index in [1.807, 2.05) is 42.5 Å². The highest BCUT2D eigenvalue weighted by molar-refractivity contribution is 6.19. The number of carbonyl (C=O) groups is 2. The molecule has 6 heteroatoms. The Morgan fingerprint density at radius 1 is 1.11 bits per heavy atom. The van der Waals surface area contributed by atoms with Gasteiger partial charge in [-0.1, -0.05) is 24.3 Å². The lowest BCUT2D eigenvalue weighted by molar-refractivity contribution is -0.117. The Balaban J connectivity index is 2.01. The summed E-state index contributed by atoms with van der Waals surface area (Å²) in [5.41, 5.74) is 4.40. The number of nitrogens with one attached hydrogen (secondary N) is 1. The van der Waals surface area contributed by atoms with E-state index in [9.17, 15) is 9.59 Å². The highest BCUT2D eigenvalue weighted by Gasteiger charge is 2.25. The number of benzene rings is 2. The molecular formula is C21H23ClN2O3. The van der Waals surface area contributed by atoms with Crippen molar-refractivity contribution in [2.24, 2.45) is 0 Å². The molecule has 0 saturated heterocycles. The smallest absolute Gasteiger partial charge is 0.411 e. The quantitative estimate of drug-likeness (QED) is 0.749. The first-order valence-corrected chi connectivity index (χ1v) is 9.60. The van der Waals surface area contributed by atoms with Gasteiger partial charge in [0.25, 0.3) is 0 Å². The Labute approximate surface area is 164 Å².